The Hall–Kier alpha value is -2.88. The first-order valence-corrected chi connectivity index (χ1v) is 11.6. The highest BCUT2D eigenvalue weighted by molar-refractivity contribution is 7.79. The van der Waals surface area contributed by atoms with Crippen molar-refractivity contribution in [3.8, 4) is 11.4 Å². The first-order chi connectivity index (χ1) is 15.1. The summed E-state index contributed by atoms with van der Waals surface area (Å²) < 4.78 is 19.5. The molecular formula is C22H25N5O3S. The first kappa shape index (κ1) is 21.4. The standard InChI is InChI=1S/C22H25N5O3S/c28-22(18-6-1-3-15(13-18)14-23-11-12-31(29)30)24-19-9-7-17(8-10-19)21-25-20(26-27-21)16-4-2-5-16/h1,3,6-10,13,16,23H,2,4-5,11-12,14H2,(H,24,28)(H,29,30)(H,25,26,27). The highest BCUT2D eigenvalue weighted by Crippen LogP contribution is 2.34. The van der Waals surface area contributed by atoms with Crippen LogP contribution in [0.5, 0.6) is 0 Å². The SMILES string of the molecule is O=C(Nc1ccc(-c2n[nH]c(C3CCC3)n2)cc1)c1cccc(CNCCS(=O)O)c1. The van der Waals surface area contributed by atoms with Gasteiger partial charge < -0.3 is 15.2 Å². The fourth-order valence-corrected chi connectivity index (χ4v) is 3.71. The lowest BCUT2D eigenvalue weighted by atomic mass is 9.85. The Labute approximate surface area is 183 Å². The number of anilines is 1. The minimum absolute atomic E-state index is 0.172. The smallest absolute Gasteiger partial charge is 0.255 e. The van der Waals surface area contributed by atoms with E-state index in [2.05, 4.69) is 25.8 Å². The Morgan fingerprint density at radius 1 is 1.19 bits per heavy atom. The molecule has 1 heterocycles. The zero-order valence-corrected chi connectivity index (χ0v) is 17.8. The summed E-state index contributed by atoms with van der Waals surface area (Å²) in [6.45, 7) is 0.950. The number of H-pyrrole nitrogens is 1. The molecule has 4 rings (SSSR count). The fourth-order valence-electron chi connectivity index (χ4n) is 3.39. The third-order valence-corrected chi connectivity index (χ3v) is 5.92. The van der Waals surface area contributed by atoms with Gasteiger partial charge in [-0.1, -0.05) is 18.6 Å². The molecule has 0 radical (unpaired) electrons. The van der Waals surface area contributed by atoms with Crippen molar-refractivity contribution in [2.24, 2.45) is 0 Å². The summed E-state index contributed by atoms with van der Waals surface area (Å²) in [5.74, 6) is 2.11. The van der Waals surface area contributed by atoms with Crippen LogP contribution in [-0.2, 0) is 17.6 Å². The molecule has 1 aliphatic rings. The second kappa shape index (κ2) is 9.95. The van der Waals surface area contributed by atoms with Gasteiger partial charge in [0.15, 0.2) is 16.9 Å². The predicted octanol–water partition coefficient (Wildman–Crippen LogP) is 3.30. The molecule has 1 aromatic heterocycles. The lowest BCUT2D eigenvalue weighted by Crippen LogP contribution is -2.20. The minimum Gasteiger partial charge on any atom is -0.322 e. The quantitative estimate of drug-likeness (QED) is 0.300. The molecule has 2 aromatic carbocycles. The highest BCUT2D eigenvalue weighted by atomic mass is 32.2. The van der Waals surface area contributed by atoms with E-state index in [1.165, 1.54) is 19.3 Å². The highest BCUT2D eigenvalue weighted by Gasteiger charge is 2.23. The fraction of sp³-hybridized carbons (Fsp3) is 0.318. The first-order valence-electron chi connectivity index (χ1n) is 10.3. The summed E-state index contributed by atoms with van der Waals surface area (Å²) in [4.78, 5) is 17.2. The molecule has 31 heavy (non-hydrogen) atoms. The van der Waals surface area contributed by atoms with Crippen LogP contribution >= 0.6 is 0 Å². The second-order valence-electron chi connectivity index (χ2n) is 7.61. The van der Waals surface area contributed by atoms with Gasteiger partial charge in [0.25, 0.3) is 5.91 Å². The van der Waals surface area contributed by atoms with Crippen LogP contribution in [0.2, 0.25) is 0 Å². The maximum absolute atomic E-state index is 12.6. The number of hydrogen-bond donors (Lipinski definition) is 4. The molecule has 9 heteroatoms. The van der Waals surface area contributed by atoms with Gasteiger partial charge in [-0.15, -0.1) is 0 Å². The van der Waals surface area contributed by atoms with Crippen LogP contribution in [0.15, 0.2) is 48.5 Å². The molecular weight excluding hydrogens is 414 g/mol. The molecule has 1 unspecified atom stereocenters. The van der Waals surface area contributed by atoms with E-state index in [1.807, 2.05) is 42.5 Å². The summed E-state index contributed by atoms with van der Waals surface area (Å²) in [5.41, 5.74) is 3.07. The lowest BCUT2D eigenvalue weighted by Gasteiger charge is -2.22. The molecule has 0 spiro atoms. The van der Waals surface area contributed by atoms with Crippen molar-refractivity contribution in [3.63, 3.8) is 0 Å². The van der Waals surface area contributed by atoms with E-state index in [4.69, 9.17) is 4.55 Å². The van der Waals surface area contributed by atoms with E-state index < -0.39 is 11.1 Å². The number of aromatic nitrogens is 3. The van der Waals surface area contributed by atoms with E-state index in [9.17, 15) is 9.00 Å². The van der Waals surface area contributed by atoms with Gasteiger partial charge in [-0.25, -0.2) is 9.19 Å². The molecule has 1 fully saturated rings. The average Bonchev–Trinajstić information content (AvgIpc) is 3.20. The molecule has 1 amide bonds. The van der Waals surface area contributed by atoms with Crippen molar-refractivity contribution in [2.75, 3.05) is 17.6 Å². The maximum Gasteiger partial charge on any atom is 0.255 e. The van der Waals surface area contributed by atoms with Crippen LogP contribution in [-0.4, -0.2) is 42.1 Å². The second-order valence-corrected chi connectivity index (χ2v) is 8.66. The van der Waals surface area contributed by atoms with Gasteiger partial charge in [0.1, 0.15) is 5.82 Å². The van der Waals surface area contributed by atoms with Gasteiger partial charge >= 0.3 is 0 Å². The number of nitrogens with zero attached hydrogens (tertiary/aromatic N) is 2. The average molecular weight is 440 g/mol. The van der Waals surface area contributed by atoms with Crippen LogP contribution < -0.4 is 10.6 Å². The van der Waals surface area contributed by atoms with Crippen molar-refractivity contribution in [1.82, 2.24) is 20.5 Å². The number of carbonyl (C=O) groups is 1. The zero-order chi connectivity index (χ0) is 21.6. The topological polar surface area (TPSA) is 120 Å². The van der Waals surface area contributed by atoms with Crippen LogP contribution in [0.25, 0.3) is 11.4 Å². The molecule has 1 aliphatic carbocycles. The maximum atomic E-state index is 12.6. The van der Waals surface area contributed by atoms with Crippen LogP contribution in [0.4, 0.5) is 5.69 Å². The van der Waals surface area contributed by atoms with Gasteiger partial charge in [0.2, 0.25) is 0 Å². The van der Waals surface area contributed by atoms with Gasteiger partial charge in [0.05, 0.1) is 5.75 Å². The minimum atomic E-state index is -1.81. The van der Waals surface area contributed by atoms with E-state index in [0.717, 1.165) is 17.0 Å². The number of rotatable bonds is 9. The summed E-state index contributed by atoms with van der Waals surface area (Å²) in [6, 6.07) is 14.8. The van der Waals surface area contributed by atoms with E-state index in [0.29, 0.717) is 36.1 Å². The molecule has 0 aliphatic heterocycles. The van der Waals surface area contributed by atoms with Crippen molar-refractivity contribution in [2.45, 2.75) is 31.7 Å². The molecule has 4 N–H and O–H groups in total. The lowest BCUT2D eigenvalue weighted by molar-refractivity contribution is 0.102. The Balaban J connectivity index is 1.34. The Morgan fingerprint density at radius 3 is 2.71 bits per heavy atom. The van der Waals surface area contributed by atoms with E-state index >= 15 is 0 Å². The van der Waals surface area contributed by atoms with Crippen molar-refractivity contribution < 1.29 is 13.6 Å². The number of benzene rings is 2. The van der Waals surface area contributed by atoms with Crippen LogP contribution in [0.1, 0.15) is 46.9 Å². The molecule has 1 saturated carbocycles. The number of nitrogens with one attached hydrogen (secondary N) is 3. The number of hydrogen-bond acceptors (Lipinski definition) is 5. The number of aromatic amines is 1. The summed E-state index contributed by atoms with van der Waals surface area (Å²) in [7, 11) is 0. The van der Waals surface area contributed by atoms with Crippen LogP contribution in [0, 0.1) is 0 Å². The molecule has 0 saturated heterocycles. The van der Waals surface area contributed by atoms with Gasteiger partial charge in [0, 0.05) is 35.8 Å². The van der Waals surface area contributed by atoms with Crippen LogP contribution in [0.3, 0.4) is 0 Å². The molecule has 3 aromatic rings. The van der Waals surface area contributed by atoms with Crippen molar-refractivity contribution >= 4 is 22.7 Å². The summed E-state index contributed by atoms with van der Waals surface area (Å²) in [5, 5.41) is 13.4. The normalized spacial score (nSPS) is 14.7. The summed E-state index contributed by atoms with van der Waals surface area (Å²) in [6.07, 6.45) is 3.58. The largest absolute Gasteiger partial charge is 0.322 e. The summed E-state index contributed by atoms with van der Waals surface area (Å²) >= 11 is -1.81. The third-order valence-electron chi connectivity index (χ3n) is 5.37. The monoisotopic (exact) mass is 439 g/mol. The Bertz CT molecular complexity index is 1060. The third kappa shape index (κ3) is 5.63. The zero-order valence-electron chi connectivity index (χ0n) is 17.0. The van der Waals surface area contributed by atoms with Crippen molar-refractivity contribution in [1.29, 1.82) is 0 Å². The molecule has 162 valence electrons. The Morgan fingerprint density at radius 2 is 2.00 bits per heavy atom. The van der Waals surface area contributed by atoms with E-state index in [-0.39, 0.29) is 11.7 Å². The van der Waals surface area contributed by atoms with E-state index in [1.54, 1.807) is 6.07 Å². The molecule has 1 atom stereocenters. The number of carbonyl (C=O) groups excluding carboxylic acids is 1. The molecule has 8 nitrogen and oxygen atoms in total. The van der Waals surface area contributed by atoms with Gasteiger partial charge in [-0.3, -0.25) is 9.89 Å². The van der Waals surface area contributed by atoms with Crippen molar-refractivity contribution in [3.05, 3.63) is 65.5 Å². The van der Waals surface area contributed by atoms with Gasteiger partial charge in [-0.2, -0.15) is 5.10 Å². The Kier molecular flexibility index (Phi) is 6.86. The molecule has 0 bridgehead atoms. The van der Waals surface area contributed by atoms with Gasteiger partial charge in [-0.05, 0) is 54.8 Å². The predicted molar refractivity (Wildman–Crippen MR) is 120 cm³/mol. The number of amides is 1.